The van der Waals surface area contributed by atoms with E-state index in [-0.39, 0.29) is 11.2 Å². The SMILES string of the molecule is CN(C)CCCOc1ccc(-c2ccc3nnc4c5c3c2OCC2(CC2)n5c(=O)n4C)cn1. The van der Waals surface area contributed by atoms with Crippen molar-refractivity contribution in [1.82, 2.24) is 29.2 Å². The molecule has 3 aromatic heterocycles. The van der Waals surface area contributed by atoms with E-state index >= 15 is 0 Å². The van der Waals surface area contributed by atoms with E-state index in [2.05, 4.69) is 20.1 Å². The van der Waals surface area contributed by atoms with Crippen molar-refractivity contribution in [2.75, 3.05) is 33.9 Å². The van der Waals surface area contributed by atoms with E-state index in [1.807, 2.05) is 49.1 Å². The first-order valence-electron chi connectivity index (χ1n) is 11.3. The first kappa shape index (κ1) is 20.2. The van der Waals surface area contributed by atoms with E-state index in [0.29, 0.717) is 30.3 Å². The van der Waals surface area contributed by atoms with Gasteiger partial charge in [0.15, 0.2) is 5.65 Å². The van der Waals surface area contributed by atoms with Gasteiger partial charge in [-0.1, -0.05) is 0 Å². The zero-order valence-electron chi connectivity index (χ0n) is 19.0. The Morgan fingerprint density at radius 3 is 2.76 bits per heavy atom. The Balaban J connectivity index is 1.43. The molecule has 1 aliphatic heterocycles. The van der Waals surface area contributed by atoms with Crippen LogP contribution < -0.4 is 15.2 Å². The van der Waals surface area contributed by atoms with Crippen molar-refractivity contribution >= 4 is 22.1 Å². The molecule has 9 heteroatoms. The van der Waals surface area contributed by atoms with Crippen LogP contribution in [0.1, 0.15) is 19.3 Å². The molecule has 9 nitrogen and oxygen atoms in total. The van der Waals surface area contributed by atoms with Crippen molar-refractivity contribution in [3.05, 3.63) is 40.9 Å². The Labute approximate surface area is 190 Å². The lowest BCUT2D eigenvalue weighted by molar-refractivity contribution is 0.242. The molecule has 1 aromatic carbocycles. The number of rotatable bonds is 6. The minimum atomic E-state index is -0.300. The summed E-state index contributed by atoms with van der Waals surface area (Å²) in [7, 11) is 5.85. The number of aryl methyl sites for hydroxylation is 1. The molecular formula is C24H26N6O3. The smallest absolute Gasteiger partial charge is 0.330 e. The summed E-state index contributed by atoms with van der Waals surface area (Å²) in [4.78, 5) is 19.8. The standard InChI is InChI=1S/C24H26N6O3/c1-28(2)11-4-12-32-18-8-5-15(13-25-18)16-6-7-17-19-20-22(27-26-17)29(3)23(31)30(20)24(9-10-24)14-33-21(16)19/h5-8,13H,4,9-12,14H2,1-3H3. The number of ether oxygens (including phenoxy) is 2. The van der Waals surface area contributed by atoms with Crippen LogP contribution in [0.2, 0.25) is 0 Å². The lowest BCUT2D eigenvalue weighted by atomic mass is 10.0. The van der Waals surface area contributed by atoms with Crippen molar-refractivity contribution in [3.8, 4) is 22.8 Å². The van der Waals surface area contributed by atoms with Crippen LogP contribution in [0.5, 0.6) is 11.6 Å². The molecule has 6 rings (SSSR count). The lowest BCUT2D eigenvalue weighted by Crippen LogP contribution is -2.34. The third-order valence-corrected chi connectivity index (χ3v) is 6.69. The van der Waals surface area contributed by atoms with Gasteiger partial charge in [-0.2, -0.15) is 0 Å². The first-order valence-corrected chi connectivity index (χ1v) is 11.3. The maximum Gasteiger partial charge on any atom is 0.330 e. The highest BCUT2D eigenvalue weighted by Crippen LogP contribution is 2.50. The zero-order valence-corrected chi connectivity index (χ0v) is 19.0. The van der Waals surface area contributed by atoms with Gasteiger partial charge in [-0.05, 0) is 51.6 Å². The van der Waals surface area contributed by atoms with Gasteiger partial charge in [-0.15, -0.1) is 10.2 Å². The van der Waals surface area contributed by atoms with E-state index in [1.165, 1.54) is 0 Å². The Morgan fingerprint density at radius 1 is 1.18 bits per heavy atom. The van der Waals surface area contributed by atoms with Crippen LogP contribution in [0.15, 0.2) is 35.3 Å². The highest BCUT2D eigenvalue weighted by atomic mass is 16.5. The summed E-state index contributed by atoms with van der Waals surface area (Å²) in [5, 5.41) is 9.59. The molecule has 1 spiro atoms. The third-order valence-electron chi connectivity index (χ3n) is 6.69. The normalized spacial score (nSPS) is 16.0. The van der Waals surface area contributed by atoms with Crippen LogP contribution in [-0.4, -0.2) is 63.1 Å². The minimum Gasteiger partial charge on any atom is -0.490 e. The van der Waals surface area contributed by atoms with Crippen molar-refractivity contribution in [2.45, 2.75) is 24.8 Å². The summed E-state index contributed by atoms with van der Waals surface area (Å²) in [6.07, 6.45) is 4.59. The van der Waals surface area contributed by atoms with Gasteiger partial charge < -0.3 is 14.4 Å². The number of hydrogen-bond donors (Lipinski definition) is 0. The van der Waals surface area contributed by atoms with E-state index < -0.39 is 0 Å². The van der Waals surface area contributed by atoms with Gasteiger partial charge in [0.05, 0.1) is 23.0 Å². The van der Waals surface area contributed by atoms with Crippen molar-refractivity contribution in [1.29, 1.82) is 0 Å². The highest BCUT2D eigenvalue weighted by molar-refractivity contribution is 6.08. The van der Waals surface area contributed by atoms with Crippen LogP contribution in [0, 0.1) is 0 Å². The number of benzene rings is 1. The fourth-order valence-electron chi connectivity index (χ4n) is 4.70. The molecule has 1 saturated carbocycles. The quantitative estimate of drug-likeness (QED) is 0.421. The van der Waals surface area contributed by atoms with Crippen LogP contribution in [-0.2, 0) is 12.6 Å². The Hall–Kier alpha value is -3.46. The summed E-state index contributed by atoms with van der Waals surface area (Å²) in [6.45, 7) is 2.05. The van der Waals surface area contributed by atoms with Gasteiger partial charge >= 0.3 is 5.69 Å². The summed E-state index contributed by atoms with van der Waals surface area (Å²) in [5.41, 5.74) is 3.59. The van der Waals surface area contributed by atoms with Crippen LogP contribution >= 0.6 is 0 Å². The Morgan fingerprint density at radius 2 is 2.03 bits per heavy atom. The van der Waals surface area contributed by atoms with E-state index in [0.717, 1.165) is 53.6 Å². The molecule has 0 N–H and O–H groups in total. The summed E-state index contributed by atoms with van der Waals surface area (Å²) >= 11 is 0. The fourth-order valence-corrected chi connectivity index (χ4v) is 4.70. The molecule has 1 aliphatic carbocycles. The number of hydrogen-bond acceptors (Lipinski definition) is 7. The topological polar surface area (TPSA) is 87.3 Å². The van der Waals surface area contributed by atoms with Gasteiger partial charge in [0.25, 0.3) is 0 Å². The van der Waals surface area contributed by atoms with Gasteiger partial charge in [-0.25, -0.2) is 9.78 Å². The highest BCUT2D eigenvalue weighted by Gasteiger charge is 2.50. The predicted octanol–water partition coefficient (Wildman–Crippen LogP) is 2.56. The zero-order chi connectivity index (χ0) is 22.7. The molecule has 0 unspecified atom stereocenters. The second-order valence-corrected chi connectivity index (χ2v) is 9.29. The number of nitrogens with zero attached hydrogens (tertiary/aromatic N) is 6. The maximum absolute atomic E-state index is 13.1. The average molecular weight is 447 g/mol. The maximum atomic E-state index is 13.1. The van der Waals surface area contributed by atoms with Gasteiger partial charge in [0, 0.05) is 37.0 Å². The summed E-state index contributed by atoms with van der Waals surface area (Å²) in [5.74, 6) is 1.34. The predicted molar refractivity (Wildman–Crippen MR) is 125 cm³/mol. The molecule has 0 atom stereocenters. The fraction of sp³-hybridized carbons (Fsp3) is 0.417. The molecule has 1 fully saturated rings. The summed E-state index contributed by atoms with van der Waals surface area (Å²) < 4.78 is 15.7. The molecule has 0 saturated heterocycles. The molecule has 0 amide bonds. The van der Waals surface area contributed by atoms with E-state index in [4.69, 9.17) is 9.47 Å². The average Bonchev–Trinajstić information content (AvgIpc) is 3.57. The van der Waals surface area contributed by atoms with Gasteiger partial charge in [0.1, 0.15) is 17.9 Å². The number of fused-ring (bicyclic) bond motifs is 1. The largest absolute Gasteiger partial charge is 0.490 e. The second-order valence-electron chi connectivity index (χ2n) is 9.29. The number of aromatic nitrogens is 5. The third kappa shape index (κ3) is 3.10. The molecular weight excluding hydrogens is 420 g/mol. The Kier molecular flexibility index (Phi) is 4.45. The molecule has 0 bridgehead atoms. The van der Waals surface area contributed by atoms with E-state index in [9.17, 15) is 4.79 Å². The molecule has 2 aliphatic rings. The molecule has 4 aromatic rings. The lowest BCUT2D eigenvalue weighted by Gasteiger charge is -2.16. The summed E-state index contributed by atoms with van der Waals surface area (Å²) in [6, 6.07) is 7.81. The molecule has 0 radical (unpaired) electrons. The minimum absolute atomic E-state index is 0.0661. The Bertz CT molecular complexity index is 1430. The second kappa shape index (κ2) is 7.28. The van der Waals surface area contributed by atoms with Crippen LogP contribution in [0.4, 0.5) is 0 Å². The van der Waals surface area contributed by atoms with Gasteiger partial charge in [0.2, 0.25) is 5.88 Å². The van der Waals surface area contributed by atoms with Crippen LogP contribution in [0.3, 0.4) is 0 Å². The van der Waals surface area contributed by atoms with E-state index in [1.54, 1.807) is 11.6 Å². The number of pyridine rings is 1. The van der Waals surface area contributed by atoms with Crippen molar-refractivity contribution < 1.29 is 9.47 Å². The first-order chi connectivity index (χ1) is 16.0. The molecule has 170 valence electrons. The molecule has 4 heterocycles. The van der Waals surface area contributed by atoms with Gasteiger partial charge in [-0.3, -0.25) is 9.13 Å². The van der Waals surface area contributed by atoms with Crippen molar-refractivity contribution in [2.24, 2.45) is 7.05 Å². The number of imidazole rings is 1. The van der Waals surface area contributed by atoms with Crippen LogP contribution in [0.25, 0.3) is 33.2 Å². The van der Waals surface area contributed by atoms with Crippen molar-refractivity contribution in [3.63, 3.8) is 0 Å². The monoisotopic (exact) mass is 446 g/mol. The molecule has 33 heavy (non-hydrogen) atoms.